The molecule has 4 rings (SSSR count). The first-order chi connectivity index (χ1) is 13.2. The second-order valence-electron chi connectivity index (χ2n) is 6.35. The molecule has 0 atom stereocenters. The SMILES string of the molecule is COc1ccc(N=C(SC)N2CC(N3CCOc4c(F)cccc43)C2)cn1. The van der Waals surface area contributed by atoms with Gasteiger partial charge in [-0.15, -0.1) is 0 Å². The Labute approximate surface area is 162 Å². The van der Waals surface area contributed by atoms with Crippen molar-refractivity contribution >= 4 is 28.3 Å². The van der Waals surface area contributed by atoms with Crippen molar-refractivity contribution in [2.45, 2.75) is 6.04 Å². The van der Waals surface area contributed by atoms with Gasteiger partial charge in [-0.25, -0.2) is 14.4 Å². The van der Waals surface area contributed by atoms with Crippen LogP contribution in [0.2, 0.25) is 0 Å². The zero-order valence-corrected chi connectivity index (χ0v) is 16.1. The molecule has 8 heteroatoms. The topological polar surface area (TPSA) is 50.2 Å². The fourth-order valence-corrected chi connectivity index (χ4v) is 3.94. The quantitative estimate of drug-likeness (QED) is 0.595. The lowest BCUT2D eigenvalue weighted by atomic mass is 10.1. The Balaban J connectivity index is 1.45. The van der Waals surface area contributed by atoms with E-state index in [-0.39, 0.29) is 5.82 Å². The molecule has 1 fully saturated rings. The van der Waals surface area contributed by atoms with Crippen molar-refractivity contribution < 1.29 is 13.9 Å². The van der Waals surface area contributed by atoms with E-state index in [9.17, 15) is 4.39 Å². The highest BCUT2D eigenvalue weighted by atomic mass is 32.2. The Morgan fingerprint density at radius 3 is 2.89 bits per heavy atom. The third kappa shape index (κ3) is 3.53. The van der Waals surface area contributed by atoms with E-state index in [2.05, 4.69) is 14.8 Å². The molecule has 1 aromatic carbocycles. The van der Waals surface area contributed by atoms with Gasteiger partial charge in [-0.05, 0) is 24.5 Å². The second kappa shape index (κ2) is 7.64. The number of fused-ring (bicyclic) bond motifs is 1. The molecule has 2 aliphatic heterocycles. The van der Waals surface area contributed by atoms with Crippen LogP contribution in [0.5, 0.6) is 11.6 Å². The van der Waals surface area contributed by atoms with E-state index in [4.69, 9.17) is 14.5 Å². The van der Waals surface area contributed by atoms with E-state index in [0.717, 1.165) is 36.2 Å². The van der Waals surface area contributed by atoms with Crippen LogP contribution in [-0.2, 0) is 0 Å². The minimum absolute atomic E-state index is 0.299. The number of nitrogens with zero attached hydrogens (tertiary/aromatic N) is 4. The van der Waals surface area contributed by atoms with Gasteiger partial charge in [0.15, 0.2) is 16.7 Å². The number of likely N-dealkylation sites (tertiary alicyclic amines) is 1. The van der Waals surface area contributed by atoms with Gasteiger partial charge in [-0.3, -0.25) is 0 Å². The lowest BCUT2D eigenvalue weighted by molar-refractivity contribution is 0.219. The molecule has 0 N–H and O–H groups in total. The summed E-state index contributed by atoms with van der Waals surface area (Å²) in [5, 5.41) is 0.950. The van der Waals surface area contributed by atoms with Gasteiger partial charge in [0.2, 0.25) is 5.88 Å². The molecule has 27 heavy (non-hydrogen) atoms. The number of pyridine rings is 1. The summed E-state index contributed by atoms with van der Waals surface area (Å²) in [7, 11) is 1.59. The van der Waals surface area contributed by atoms with Gasteiger partial charge in [0, 0.05) is 19.2 Å². The van der Waals surface area contributed by atoms with Crippen LogP contribution >= 0.6 is 11.8 Å². The predicted molar refractivity (Wildman–Crippen MR) is 106 cm³/mol. The van der Waals surface area contributed by atoms with Crippen molar-refractivity contribution in [1.82, 2.24) is 9.88 Å². The molecular formula is C19H21FN4O2S. The van der Waals surface area contributed by atoms with Crippen molar-refractivity contribution in [2.75, 3.05) is 44.5 Å². The zero-order chi connectivity index (χ0) is 18.8. The first-order valence-electron chi connectivity index (χ1n) is 8.75. The normalized spacial score (nSPS) is 17.2. The average molecular weight is 388 g/mol. The van der Waals surface area contributed by atoms with E-state index >= 15 is 0 Å². The number of methoxy groups -OCH3 is 1. The molecule has 0 unspecified atom stereocenters. The Morgan fingerprint density at radius 1 is 1.33 bits per heavy atom. The van der Waals surface area contributed by atoms with Crippen molar-refractivity contribution in [3.8, 4) is 11.6 Å². The largest absolute Gasteiger partial charge is 0.486 e. The Bertz CT molecular complexity index is 840. The standard InChI is InChI=1S/C19H21FN4O2S/c1-25-17-7-6-13(10-21-17)22-19(27-2)23-11-14(12-23)24-8-9-26-18-15(20)4-3-5-16(18)24/h3-7,10,14H,8-9,11-12H2,1-2H3. The van der Waals surface area contributed by atoms with Crippen molar-refractivity contribution in [1.29, 1.82) is 0 Å². The van der Waals surface area contributed by atoms with Crippen LogP contribution in [0.3, 0.4) is 0 Å². The summed E-state index contributed by atoms with van der Waals surface area (Å²) < 4.78 is 24.6. The number of para-hydroxylation sites is 1. The molecule has 0 spiro atoms. The first-order valence-corrected chi connectivity index (χ1v) is 9.97. The molecule has 1 saturated heterocycles. The van der Waals surface area contributed by atoms with Crippen LogP contribution in [-0.4, -0.2) is 60.7 Å². The summed E-state index contributed by atoms with van der Waals surface area (Å²) in [5.41, 5.74) is 1.63. The lowest BCUT2D eigenvalue weighted by Gasteiger charge is -2.48. The Kier molecular flexibility index (Phi) is 5.07. The minimum atomic E-state index is -0.299. The molecule has 6 nitrogen and oxygen atoms in total. The van der Waals surface area contributed by atoms with Gasteiger partial charge in [0.25, 0.3) is 0 Å². The van der Waals surface area contributed by atoms with Crippen molar-refractivity contribution in [2.24, 2.45) is 4.99 Å². The summed E-state index contributed by atoms with van der Waals surface area (Å²) in [4.78, 5) is 13.4. The molecule has 0 aliphatic carbocycles. The Hall–Kier alpha value is -2.48. The molecule has 2 aromatic rings. The fourth-order valence-electron chi connectivity index (χ4n) is 3.34. The number of anilines is 1. The number of rotatable bonds is 3. The number of amidine groups is 1. The van der Waals surface area contributed by atoms with Crippen molar-refractivity contribution in [3.63, 3.8) is 0 Å². The van der Waals surface area contributed by atoms with E-state index < -0.39 is 0 Å². The molecule has 142 valence electrons. The van der Waals surface area contributed by atoms with Gasteiger partial charge in [0.1, 0.15) is 6.61 Å². The number of hydrogen-bond donors (Lipinski definition) is 0. The monoisotopic (exact) mass is 388 g/mol. The molecule has 2 aliphatic rings. The Morgan fingerprint density at radius 2 is 2.19 bits per heavy atom. The fraction of sp³-hybridized carbons (Fsp3) is 0.368. The highest BCUT2D eigenvalue weighted by Crippen LogP contribution is 2.37. The summed E-state index contributed by atoms with van der Waals surface area (Å²) in [6.07, 6.45) is 3.72. The third-order valence-corrected chi connectivity index (χ3v) is 5.46. The van der Waals surface area contributed by atoms with Crippen LogP contribution in [0.1, 0.15) is 0 Å². The molecular weight excluding hydrogens is 367 g/mol. The van der Waals surface area contributed by atoms with Gasteiger partial charge < -0.3 is 19.3 Å². The van der Waals surface area contributed by atoms with Crippen LogP contribution in [0.15, 0.2) is 41.5 Å². The predicted octanol–water partition coefficient (Wildman–Crippen LogP) is 3.16. The number of aliphatic imine (C=N–C) groups is 1. The maximum absolute atomic E-state index is 14.0. The van der Waals surface area contributed by atoms with E-state index in [0.29, 0.717) is 24.3 Å². The first kappa shape index (κ1) is 17.9. The van der Waals surface area contributed by atoms with Crippen LogP contribution in [0, 0.1) is 5.82 Å². The van der Waals surface area contributed by atoms with Gasteiger partial charge >= 0.3 is 0 Å². The smallest absolute Gasteiger partial charge is 0.213 e. The second-order valence-corrected chi connectivity index (χ2v) is 7.12. The summed E-state index contributed by atoms with van der Waals surface area (Å²) in [6, 6.07) is 9.11. The summed E-state index contributed by atoms with van der Waals surface area (Å²) in [6.45, 7) is 2.97. The van der Waals surface area contributed by atoms with Crippen LogP contribution < -0.4 is 14.4 Å². The van der Waals surface area contributed by atoms with Crippen LogP contribution in [0.4, 0.5) is 15.8 Å². The third-order valence-electron chi connectivity index (χ3n) is 4.74. The average Bonchev–Trinajstić information content (AvgIpc) is 2.67. The number of hydrogen-bond acceptors (Lipinski definition) is 6. The zero-order valence-electron chi connectivity index (χ0n) is 15.3. The van der Waals surface area contributed by atoms with E-state index in [1.165, 1.54) is 6.07 Å². The number of ether oxygens (including phenoxy) is 2. The maximum Gasteiger partial charge on any atom is 0.213 e. The van der Waals surface area contributed by atoms with Crippen molar-refractivity contribution in [3.05, 3.63) is 42.3 Å². The lowest BCUT2D eigenvalue weighted by Crippen LogP contribution is -2.62. The minimum Gasteiger partial charge on any atom is -0.486 e. The van der Waals surface area contributed by atoms with Gasteiger partial charge in [0.05, 0.1) is 37.3 Å². The van der Waals surface area contributed by atoms with E-state index in [1.54, 1.807) is 37.2 Å². The molecule has 0 bridgehead atoms. The van der Waals surface area contributed by atoms with Gasteiger partial charge in [-0.2, -0.15) is 0 Å². The number of aromatic nitrogens is 1. The molecule has 1 aromatic heterocycles. The van der Waals surface area contributed by atoms with E-state index in [1.807, 2.05) is 18.4 Å². The van der Waals surface area contributed by atoms with Gasteiger partial charge in [-0.1, -0.05) is 17.8 Å². The van der Waals surface area contributed by atoms with Crippen LogP contribution in [0.25, 0.3) is 0 Å². The highest BCUT2D eigenvalue weighted by Gasteiger charge is 2.36. The summed E-state index contributed by atoms with van der Waals surface area (Å²) in [5.74, 6) is 0.638. The highest BCUT2D eigenvalue weighted by molar-refractivity contribution is 8.13. The maximum atomic E-state index is 14.0. The molecule has 0 saturated carbocycles. The number of thioether (sulfide) groups is 1. The molecule has 0 radical (unpaired) electrons. The number of halogens is 1. The molecule has 0 amide bonds. The molecule has 3 heterocycles. The number of benzene rings is 1. The summed E-state index contributed by atoms with van der Waals surface area (Å²) >= 11 is 1.61.